The van der Waals surface area contributed by atoms with Crippen LogP contribution in [0.5, 0.6) is 0 Å². The van der Waals surface area contributed by atoms with Gasteiger partial charge >= 0.3 is 5.97 Å². The Kier molecular flexibility index (Phi) is 5.90. The van der Waals surface area contributed by atoms with Gasteiger partial charge in [-0.1, -0.05) is 18.2 Å². The van der Waals surface area contributed by atoms with Gasteiger partial charge in [-0.2, -0.15) is 0 Å². The fourth-order valence-electron chi connectivity index (χ4n) is 1.75. The second-order valence-corrected chi connectivity index (χ2v) is 5.82. The third kappa shape index (κ3) is 5.55. The number of amides is 1. The van der Waals surface area contributed by atoms with Crippen molar-refractivity contribution in [3.63, 3.8) is 0 Å². The molecule has 5 nitrogen and oxygen atoms in total. The molecule has 21 heavy (non-hydrogen) atoms. The van der Waals surface area contributed by atoms with Crippen LogP contribution in [-0.4, -0.2) is 30.6 Å². The Bertz CT molecular complexity index is 505. The average Bonchev–Trinajstić information content (AvgIpc) is 2.37. The molecular formula is C16H23NO4. The maximum absolute atomic E-state index is 12.2. The summed E-state index contributed by atoms with van der Waals surface area (Å²) >= 11 is 0. The molecule has 1 aromatic carbocycles. The largest absolute Gasteiger partial charge is 0.458 e. The van der Waals surface area contributed by atoms with Crippen LogP contribution in [0.15, 0.2) is 24.3 Å². The van der Waals surface area contributed by atoms with E-state index in [2.05, 4.69) is 5.32 Å². The van der Waals surface area contributed by atoms with E-state index < -0.39 is 17.6 Å². The highest BCUT2D eigenvalue weighted by atomic mass is 16.6. The number of carbonyl (C=O) groups excluding carboxylic acids is 2. The number of nitrogens with one attached hydrogen (secondary N) is 1. The lowest BCUT2D eigenvalue weighted by Crippen LogP contribution is -2.42. The van der Waals surface area contributed by atoms with E-state index in [1.54, 1.807) is 46.9 Å². The molecule has 0 bridgehead atoms. The Hall–Kier alpha value is -1.88. The Labute approximate surface area is 125 Å². The fraction of sp³-hybridized carbons (Fsp3) is 0.500. The third-order valence-corrected chi connectivity index (χ3v) is 2.67. The van der Waals surface area contributed by atoms with E-state index >= 15 is 0 Å². The van der Waals surface area contributed by atoms with Crippen LogP contribution in [0.25, 0.3) is 0 Å². The number of ether oxygens (including phenoxy) is 2. The summed E-state index contributed by atoms with van der Waals surface area (Å²) in [6, 6.07) is 6.41. The quantitative estimate of drug-likeness (QED) is 0.846. The predicted octanol–water partition coefficient (Wildman–Crippen LogP) is 2.29. The maximum atomic E-state index is 12.2. The minimum Gasteiger partial charge on any atom is -0.458 e. The van der Waals surface area contributed by atoms with Gasteiger partial charge in [-0.15, -0.1) is 0 Å². The van der Waals surface area contributed by atoms with Crippen molar-refractivity contribution in [1.82, 2.24) is 5.32 Å². The predicted molar refractivity (Wildman–Crippen MR) is 79.9 cm³/mol. The highest BCUT2D eigenvalue weighted by molar-refractivity contribution is 5.97. The van der Waals surface area contributed by atoms with Crippen LogP contribution in [0.1, 0.15) is 43.6 Å². The van der Waals surface area contributed by atoms with Crippen molar-refractivity contribution in [2.24, 2.45) is 0 Å². The van der Waals surface area contributed by atoms with Crippen molar-refractivity contribution >= 4 is 11.9 Å². The molecule has 0 radical (unpaired) electrons. The van der Waals surface area contributed by atoms with Crippen molar-refractivity contribution in [3.05, 3.63) is 35.4 Å². The van der Waals surface area contributed by atoms with Crippen LogP contribution >= 0.6 is 0 Å². The number of carbonyl (C=O) groups is 2. The van der Waals surface area contributed by atoms with Crippen molar-refractivity contribution in [1.29, 1.82) is 0 Å². The summed E-state index contributed by atoms with van der Waals surface area (Å²) in [7, 11) is 1.57. The number of hydrogen-bond acceptors (Lipinski definition) is 4. The second kappa shape index (κ2) is 7.22. The van der Waals surface area contributed by atoms with Gasteiger partial charge in [0.2, 0.25) is 0 Å². The van der Waals surface area contributed by atoms with Crippen molar-refractivity contribution < 1.29 is 19.1 Å². The highest BCUT2D eigenvalue weighted by Crippen LogP contribution is 2.11. The van der Waals surface area contributed by atoms with Crippen molar-refractivity contribution in [3.8, 4) is 0 Å². The molecule has 0 heterocycles. The minimum atomic E-state index is -0.715. The summed E-state index contributed by atoms with van der Waals surface area (Å²) < 4.78 is 10.3. The summed E-state index contributed by atoms with van der Waals surface area (Å²) in [5, 5.41) is 2.65. The molecule has 0 saturated carbocycles. The number of hydrogen-bond donors (Lipinski definition) is 1. The van der Waals surface area contributed by atoms with Crippen LogP contribution < -0.4 is 5.32 Å². The molecular weight excluding hydrogens is 270 g/mol. The van der Waals surface area contributed by atoms with Crippen molar-refractivity contribution in [2.75, 3.05) is 7.11 Å². The Balaban J connectivity index is 2.75. The molecule has 5 heteroatoms. The molecule has 1 rings (SSSR count). The molecule has 0 saturated heterocycles. The van der Waals surface area contributed by atoms with Crippen LogP contribution in [0.2, 0.25) is 0 Å². The topological polar surface area (TPSA) is 64.6 Å². The van der Waals surface area contributed by atoms with Crippen LogP contribution in [0.4, 0.5) is 0 Å². The molecule has 0 unspecified atom stereocenters. The number of esters is 1. The first-order valence-electron chi connectivity index (χ1n) is 6.85. The standard InChI is InChI=1S/C16H23NO4/c1-11(15(19)21-16(2,3)4)17-14(18)13-9-7-6-8-12(13)10-20-5/h6-9,11H,10H2,1-5H3,(H,17,18)/t11-/m0/s1. The van der Waals surface area contributed by atoms with Crippen molar-refractivity contribution in [2.45, 2.75) is 45.9 Å². The lowest BCUT2D eigenvalue weighted by molar-refractivity contribution is -0.156. The van der Waals surface area contributed by atoms with Crippen LogP contribution in [-0.2, 0) is 20.9 Å². The highest BCUT2D eigenvalue weighted by Gasteiger charge is 2.23. The van der Waals surface area contributed by atoms with E-state index in [1.165, 1.54) is 0 Å². The first kappa shape index (κ1) is 17.2. The van der Waals surface area contributed by atoms with Gasteiger partial charge in [0.1, 0.15) is 11.6 Å². The Morgan fingerprint density at radius 2 is 1.86 bits per heavy atom. The summed E-state index contributed by atoms with van der Waals surface area (Å²) in [4.78, 5) is 24.1. The summed E-state index contributed by atoms with van der Waals surface area (Å²) in [5.74, 6) is -0.777. The zero-order chi connectivity index (χ0) is 16.0. The SMILES string of the molecule is COCc1ccccc1C(=O)N[C@@H](C)C(=O)OC(C)(C)C. The molecule has 1 N–H and O–H groups in total. The van der Waals surface area contributed by atoms with Gasteiger partial charge in [-0.3, -0.25) is 4.79 Å². The van der Waals surface area contributed by atoms with Gasteiger partial charge in [0, 0.05) is 12.7 Å². The van der Waals surface area contributed by atoms with E-state index in [9.17, 15) is 9.59 Å². The van der Waals surface area contributed by atoms with Gasteiger partial charge in [0.25, 0.3) is 5.91 Å². The molecule has 0 aromatic heterocycles. The zero-order valence-electron chi connectivity index (χ0n) is 13.2. The first-order chi connectivity index (χ1) is 9.74. The van der Waals surface area contributed by atoms with Gasteiger partial charge in [0.15, 0.2) is 0 Å². The molecule has 1 aromatic rings. The van der Waals surface area contributed by atoms with Gasteiger partial charge in [-0.25, -0.2) is 4.79 Å². The van der Waals surface area contributed by atoms with E-state index in [4.69, 9.17) is 9.47 Å². The summed E-state index contributed by atoms with van der Waals surface area (Å²) in [6.07, 6.45) is 0. The molecule has 1 atom stereocenters. The van der Waals surface area contributed by atoms with E-state index in [-0.39, 0.29) is 5.91 Å². The smallest absolute Gasteiger partial charge is 0.328 e. The number of methoxy groups -OCH3 is 1. The van der Waals surface area contributed by atoms with E-state index in [0.717, 1.165) is 5.56 Å². The molecule has 0 aliphatic heterocycles. The number of rotatable bonds is 5. The third-order valence-electron chi connectivity index (χ3n) is 2.67. The molecule has 0 spiro atoms. The maximum Gasteiger partial charge on any atom is 0.328 e. The normalized spacial score (nSPS) is 12.6. The molecule has 116 valence electrons. The minimum absolute atomic E-state index is 0.319. The molecule has 0 aliphatic carbocycles. The van der Waals surface area contributed by atoms with Gasteiger partial charge in [-0.05, 0) is 39.3 Å². The molecule has 0 aliphatic rings. The zero-order valence-corrected chi connectivity index (χ0v) is 13.2. The molecule has 1 amide bonds. The Morgan fingerprint density at radius 3 is 2.43 bits per heavy atom. The van der Waals surface area contributed by atoms with E-state index in [0.29, 0.717) is 12.2 Å². The van der Waals surface area contributed by atoms with Gasteiger partial charge < -0.3 is 14.8 Å². The van der Waals surface area contributed by atoms with Crippen LogP contribution in [0.3, 0.4) is 0 Å². The molecule has 0 fully saturated rings. The van der Waals surface area contributed by atoms with Crippen LogP contribution in [0, 0.1) is 0 Å². The summed E-state index contributed by atoms with van der Waals surface area (Å²) in [6.45, 7) is 7.29. The Morgan fingerprint density at radius 1 is 1.24 bits per heavy atom. The first-order valence-corrected chi connectivity index (χ1v) is 6.85. The fourth-order valence-corrected chi connectivity index (χ4v) is 1.75. The van der Waals surface area contributed by atoms with E-state index in [1.807, 2.05) is 12.1 Å². The lowest BCUT2D eigenvalue weighted by Gasteiger charge is -2.23. The average molecular weight is 293 g/mol. The summed E-state index contributed by atoms with van der Waals surface area (Å²) in [5.41, 5.74) is 0.688. The van der Waals surface area contributed by atoms with Gasteiger partial charge in [0.05, 0.1) is 6.61 Å². The monoisotopic (exact) mass is 293 g/mol. The lowest BCUT2D eigenvalue weighted by atomic mass is 10.1. The number of benzene rings is 1. The second-order valence-electron chi connectivity index (χ2n) is 5.82.